The van der Waals surface area contributed by atoms with Crippen LogP contribution >= 0.6 is 0 Å². The van der Waals surface area contributed by atoms with Crippen LogP contribution in [0.3, 0.4) is 0 Å². The predicted octanol–water partition coefficient (Wildman–Crippen LogP) is 4.41. The molecule has 0 amide bonds. The SMILES string of the molecule is Cc1c(C(C(=O)[O-])C2CCCC2)c2cc(O)c(F)cc2n1C(=O)c1ccc(OC(F)(F)F)cc1. The van der Waals surface area contributed by atoms with Crippen LogP contribution in [0.1, 0.15) is 53.2 Å². The van der Waals surface area contributed by atoms with Crippen LogP contribution in [0, 0.1) is 18.7 Å². The lowest BCUT2D eigenvalue weighted by atomic mass is 9.83. The van der Waals surface area contributed by atoms with Crippen molar-refractivity contribution in [2.45, 2.75) is 44.9 Å². The lowest BCUT2D eigenvalue weighted by molar-refractivity contribution is -0.309. The van der Waals surface area contributed by atoms with E-state index in [1.807, 2.05) is 0 Å². The van der Waals surface area contributed by atoms with E-state index in [4.69, 9.17) is 0 Å². The Bertz CT molecular complexity index is 1260. The van der Waals surface area contributed by atoms with E-state index in [1.54, 1.807) is 0 Å². The number of phenolic OH excluding ortho intramolecular Hbond substituents is 1. The molecule has 0 radical (unpaired) electrons. The minimum atomic E-state index is -4.90. The summed E-state index contributed by atoms with van der Waals surface area (Å²) in [6, 6.07) is 6.20. The van der Waals surface area contributed by atoms with Gasteiger partial charge < -0.3 is 19.7 Å². The molecule has 4 rings (SSSR count). The van der Waals surface area contributed by atoms with E-state index in [2.05, 4.69) is 4.74 Å². The minimum absolute atomic E-state index is 0.0274. The summed E-state index contributed by atoms with van der Waals surface area (Å²) >= 11 is 0. The zero-order valence-electron chi connectivity index (χ0n) is 18.0. The van der Waals surface area contributed by atoms with Crippen LogP contribution in [-0.4, -0.2) is 27.9 Å². The van der Waals surface area contributed by atoms with Crippen LogP contribution in [0.4, 0.5) is 17.6 Å². The lowest BCUT2D eigenvalue weighted by Crippen LogP contribution is -2.34. The Kier molecular flexibility index (Phi) is 6.01. The van der Waals surface area contributed by atoms with Gasteiger partial charge in [0.25, 0.3) is 5.91 Å². The molecule has 0 saturated heterocycles. The number of carbonyl (C=O) groups is 2. The summed E-state index contributed by atoms with van der Waals surface area (Å²) in [5, 5.41) is 22.4. The van der Waals surface area contributed by atoms with Gasteiger partial charge in [-0.05, 0) is 61.6 Å². The number of aliphatic carboxylic acids is 1. The third kappa shape index (κ3) is 4.32. The van der Waals surface area contributed by atoms with Crippen molar-refractivity contribution in [3.63, 3.8) is 0 Å². The van der Waals surface area contributed by atoms with Crippen LogP contribution < -0.4 is 9.84 Å². The van der Waals surface area contributed by atoms with Crippen LogP contribution in [0.25, 0.3) is 10.9 Å². The lowest BCUT2D eigenvalue weighted by Gasteiger charge is -2.25. The Hall–Kier alpha value is -3.56. The summed E-state index contributed by atoms with van der Waals surface area (Å²) in [5.74, 6) is -5.59. The second-order valence-corrected chi connectivity index (χ2v) is 8.37. The molecule has 1 aliphatic carbocycles. The number of phenols is 1. The van der Waals surface area contributed by atoms with Crippen LogP contribution in [0.15, 0.2) is 36.4 Å². The summed E-state index contributed by atoms with van der Waals surface area (Å²) < 4.78 is 56.5. The number of carboxylic acids is 1. The van der Waals surface area contributed by atoms with Crippen molar-refractivity contribution in [2.24, 2.45) is 5.92 Å². The zero-order valence-corrected chi connectivity index (χ0v) is 18.0. The third-order valence-electron chi connectivity index (χ3n) is 6.30. The molecule has 34 heavy (non-hydrogen) atoms. The van der Waals surface area contributed by atoms with Gasteiger partial charge in [0, 0.05) is 34.6 Å². The van der Waals surface area contributed by atoms with Gasteiger partial charge in [0.05, 0.1) is 5.52 Å². The molecule has 3 aromatic rings. The summed E-state index contributed by atoms with van der Waals surface area (Å²) in [7, 11) is 0. The first-order chi connectivity index (χ1) is 16.0. The fraction of sp³-hybridized carbons (Fsp3) is 0.333. The molecule has 1 aromatic heterocycles. The highest BCUT2D eigenvalue weighted by atomic mass is 19.4. The molecule has 10 heteroatoms. The van der Waals surface area contributed by atoms with E-state index in [9.17, 15) is 37.4 Å². The molecule has 1 unspecified atom stereocenters. The van der Waals surface area contributed by atoms with Crippen molar-refractivity contribution < 1.29 is 42.1 Å². The maximum Gasteiger partial charge on any atom is 0.573 e. The van der Waals surface area contributed by atoms with Gasteiger partial charge in [-0.15, -0.1) is 13.2 Å². The maximum absolute atomic E-state index is 14.3. The molecule has 1 saturated carbocycles. The van der Waals surface area contributed by atoms with Crippen molar-refractivity contribution in [3.8, 4) is 11.5 Å². The molecule has 0 bridgehead atoms. The fourth-order valence-electron chi connectivity index (χ4n) is 4.87. The summed E-state index contributed by atoms with van der Waals surface area (Å²) in [6.45, 7) is 1.51. The minimum Gasteiger partial charge on any atom is -0.549 e. The first kappa shape index (κ1) is 23.6. The molecule has 0 spiro atoms. The molecule has 1 fully saturated rings. The molecule has 1 atom stereocenters. The monoisotopic (exact) mass is 478 g/mol. The number of hydrogen-bond acceptors (Lipinski definition) is 5. The van der Waals surface area contributed by atoms with E-state index >= 15 is 0 Å². The number of carboxylic acid groups (broad SMARTS) is 1. The molecule has 1 heterocycles. The maximum atomic E-state index is 14.3. The van der Waals surface area contributed by atoms with Crippen molar-refractivity contribution in [1.82, 2.24) is 4.57 Å². The Morgan fingerprint density at radius 1 is 1.15 bits per heavy atom. The number of halogens is 4. The molecule has 180 valence electrons. The topological polar surface area (TPSA) is 91.6 Å². The number of fused-ring (bicyclic) bond motifs is 1. The number of alkyl halides is 3. The first-order valence-electron chi connectivity index (χ1n) is 10.6. The number of rotatable bonds is 5. The molecule has 6 nitrogen and oxygen atoms in total. The van der Waals surface area contributed by atoms with Gasteiger partial charge in [-0.1, -0.05) is 12.8 Å². The second kappa shape index (κ2) is 8.66. The number of ether oxygens (including phenoxy) is 1. The number of aromatic nitrogens is 1. The number of carbonyl (C=O) groups excluding carboxylic acids is 2. The standard InChI is InChI=1S/C24H21F4NO5/c1-12-20(21(23(32)33)13-4-2-3-5-13)16-10-19(30)17(25)11-18(16)29(12)22(31)14-6-8-15(9-7-14)34-24(26,27)28/h6-11,13,21,30H,2-5H2,1H3,(H,32,33)/p-1. The summed E-state index contributed by atoms with van der Waals surface area (Å²) in [5.41, 5.74) is 0.484. The van der Waals surface area contributed by atoms with E-state index < -0.39 is 41.5 Å². The van der Waals surface area contributed by atoms with Crippen LogP contribution in [-0.2, 0) is 4.79 Å². The zero-order chi connectivity index (χ0) is 24.8. The molecule has 0 aliphatic heterocycles. The Morgan fingerprint density at radius 2 is 1.76 bits per heavy atom. The highest BCUT2D eigenvalue weighted by Gasteiger charge is 2.34. The molecular weight excluding hydrogens is 458 g/mol. The predicted molar refractivity (Wildman–Crippen MR) is 111 cm³/mol. The fourth-order valence-corrected chi connectivity index (χ4v) is 4.87. The third-order valence-corrected chi connectivity index (χ3v) is 6.30. The second-order valence-electron chi connectivity index (χ2n) is 8.37. The quantitative estimate of drug-likeness (QED) is 0.549. The van der Waals surface area contributed by atoms with Gasteiger partial charge in [-0.25, -0.2) is 4.39 Å². The number of nitrogens with zero attached hydrogens (tertiary/aromatic N) is 1. The van der Waals surface area contributed by atoms with Gasteiger partial charge in [0.2, 0.25) is 0 Å². The number of benzene rings is 2. The average molecular weight is 478 g/mol. The molecule has 2 aromatic carbocycles. The smallest absolute Gasteiger partial charge is 0.549 e. The normalized spacial score (nSPS) is 15.6. The highest BCUT2D eigenvalue weighted by Crippen LogP contribution is 2.43. The molecule has 1 aliphatic rings. The Balaban J connectivity index is 1.86. The van der Waals surface area contributed by atoms with Crippen molar-refractivity contribution in [1.29, 1.82) is 0 Å². The summed E-state index contributed by atoms with van der Waals surface area (Å²) in [6.07, 6.45) is -1.92. The Morgan fingerprint density at radius 3 is 2.32 bits per heavy atom. The van der Waals surface area contributed by atoms with Gasteiger partial charge in [0.15, 0.2) is 11.6 Å². The number of hydrogen-bond donors (Lipinski definition) is 1. The van der Waals surface area contributed by atoms with Gasteiger partial charge >= 0.3 is 6.36 Å². The molecular formula is C24H20F4NO5-. The van der Waals surface area contributed by atoms with Gasteiger partial charge in [-0.2, -0.15) is 0 Å². The van der Waals surface area contributed by atoms with Gasteiger partial charge in [-0.3, -0.25) is 9.36 Å². The largest absolute Gasteiger partial charge is 0.573 e. The van der Waals surface area contributed by atoms with Crippen LogP contribution in [0.2, 0.25) is 0 Å². The van der Waals surface area contributed by atoms with Crippen molar-refractivity contribution in [3.05, 3.63) is 59.0 Å². The van der Waals surface area contributed by atoms with E-state index in [-0.39, 0.29) is 33.6 Å². The Labute approximate surface area is 191 Å². The van der Waals surface area contributed by atoms with Crippen LogP contribution in [0.5, 0.6) is 11.5 Å². The van der Waals surface area contributed by atoms with E-state index in [1.165, 1.54) is 6.92 Å². The van der Waals surface area contributed by atoms with E-state index in [0.29, 0.717) is 12.8 Å². The highest BCUT2D eigenvalue weighted by molar-refractivity contribution is 6.05. The van der Waals surface area contributed by atoms with Gasteiger partial charge in [0.1, 0.15) is 5.75 Å². The number of aromatic hydroxyl groups is 1. The molecule has 1 N–H and O–H groups in total. The summed E-state index contributed by atoms with van der Waals surface area (Å²) in [4.78, 5) is 25.5. The van der Waals surface area contributed by atoms with Crippen molar-refractivity contribution in [2.75, 3.05) is 0 Å². The average Bonchev–Trinajstić information content (AvgIpc) is 3.35. The first-order valence-corrected chi connectivity index (χ1v) is 10.6. The van der Waals surface area contributed by atoms with Crippen molar-refractivity contribution >= 4 is 22.8 Å². The van der Waals surface area contributed by atoms with E-state index in [0.717, 1.165) is 53.8 Å².